The number of rotatable bonds is 7. The lowest BCUT2D eigenvalue weighted by Crippen LogP contribution is -2.42. The summed E-state index contributed by atoms with van der Waals surface area (Å²) >= 11 is 6.03. The third-order valence-electron chi connectivity index (χ3n) is 5.93. The van der Waals surface area contributed by atoms with E-state index in [2.05, 4.69) is 25.6 Å². The smallest absolute Gasteiger partial charge is 0.410 e. The number of methoxy groups -OCH3 is 1. The lowest BCUT2D eigenvalue weighted by molar-refractivity contribution is -0.111. The van der Waals surface area contributed by atoms with Crippen LogP contribution in [-0.4, -0.2) is 69.5 Å². The summed E-state index contributed by atoms with van der Waals surface area (Å²) in [5.74, 6) is -0.589. The van der Waals surface area contributed by atoms with Gasteiger partial charge in [0.15, 0.2) is 17.4 Å². The highest BCUT2D eigenvalue weighted by molar-refractivity contribution is 6.30. The number of benzene rings is 1. The number of hydrogen-bond acceptors (Lipinski definition) is 9. The number of amides is 2. The lowest BCUT2D eigenvalue weighted by Gasteiger charge is -2.26. The molecule has 2 amide bonds. The monoisotopic (exact) mass is 570 g/mol. The van der Waals surface area contributed by atoms with Crippen molar-refractivity contribution in [1.82, 2.24) is 25.2 Å². The third-order valence-corrected chi connectivity index (χ3v) is 6.16. The highest BCUT2D eigenvalue weighted by Crippen LogP contribution is 2.31. The molecule has 2 atom stereocenters. The van der Waals surface area contributed by atoms with Gasteiger partial charge in [-0.25, -0.2) is 19.2 Å². The number of carbonyl (C=O) groups is 3. The van der Waals surface area contributed by atoms with E-state index in [9.17, 15) is 18.8 Å². The van der Waals surface area contributed by atoms with Gasteiger partial charge in [-0.05, 0) is 51.5 Å². The predicted octanol–water partition coefficient (Wildman–Crippen LogP) is 4.39. The second kappa shape index (κ2) is 11.8. The molecule has 2 aromatic heterocycles. The first-order valence-electron chi connectivity index (χ1n) is 12.3. The summed E-state index contributed by atoms with van der Waals surface area (Å²) in [5.41, 5.74) is -0.151. The average Bonchev–Trinajstić information content (AvgIpc) is 3.32. The van der Waals surface area contributed by atoms with Gasteiger partial charge in [-0.1, -0.05) is 11.6 Å². The van der Waals surface area contributed by atoms with Crippen LogP contribution in [0.3, 0.4) is 0 Å². The first-order valence-corrected chi connectivity index (χ1v) is 12.7. The molecule has 13 heteroatoms. The van der Waals surface area contributed by atoms with Crippen LogP contribution in [0.15, 0.2) is 42.9 Å². The zero-order chi connectivity index (χ0) is 29.0. The van der Waals surface area contributed by atoms with Gasteiger partial charge in [-0.15, -0.1) is 0 Å². The van der Waals surface area contributed by atoms with Crippen molar-refractivity contribution in [2.24, 2.45) is 0 Å². The van der Waals surface area contributed by atoms with Crippen molar-refractivity contribution in [2.75, 3.05) is 19.0 Å². The first-order chi connectivity index (χ1) is 19.0. The number of pyridine rings is 1. The third kappa shape index (κ3) is 6.63. The summed E-state index contributed by atoms with van der Waals surface area (Å²) in [6.45, 7) is 5.29. The van der Waals surface area contributed by atoms with E-state index in [0.717, 1.165) is 0 Å². The zero-order valence-corrected chi connectivity index (χ0v) is 23.0. The molecule has 1 aromatic carbocycles. The van der Waals surface area contributed by atoms with E-state index in [4.69, 9.17) is 21.1 Å². The molecule has 1 aliphatic heterocycles. The molecule has 11 nitrogen and oxygen atoms in total. The standard InChI is InChI=1S/C27H28ClFN6O5/c1-27(2,3)40-26(38)35-13-16(10-17(35)14-36)32-25(37)19-11-30-8-7-21(19)33-24-22(39-4)12-31-23(34-24)18-9-15(28)5-6-20(18)29/h5-9,11-12,14,16-17H,10,13H2,1-4H3,(H,32,37)(H,30,31,33,34)/t16-,17-/m1/s1. The van der Waals surface area contributed by atoms with E-state index >= 15 is 0 Å². The van der Waals surface area contributed by atoms with Gasteiger partial charge in [-0.3, -0.25) is 14.7 Å². The number of aldehydes is 1. The Morgan fingerprint density at radius 1 is 1.23 bits per heavy atom. The Balaban J connectivity index is 1.55. The summed E-state index contributed by atoms with van der Waals surface area (Å²) in [4.78, 5) is 51.4. The molecule has 0 spiro atoms. The van der Waals surface area contributed by atoms with Gasteiger partial charge in [0.25, 0.3) is 5.91 Å². The maximum absolute atomic E-state index is 14.5. The number of hydrogen-bond donors (Lipinski definition) is 2. The minimum Gasteiger partial charge on any atom is -0.491 e. The second-order valence-corrected chi connectivity index (χ2v) is 10.5. The van der Waals surface area contributed by atoms with Crippen molar-refractivity contribution < 1.29 is 28.2 Å². The van der Waals surface area contributed by atoms with E-state index < -0.39 is 35.5 Å². The summed E-state index contributed by atoms with van der Waals surface area (Å²) in [7, 11) is 1.42. The molecule has 1 fully saturated rings. The van der Waals surface area contributed by atoms with Gasteiger partial charge in [0.2, 0.25) is 0 Å². The normalized spacial score (nSPS) is 16.8. The van der Waals surface area contributed by atoms with E-state index in [1.807, 2.05) is 0 Å². The second-order valence-electron chi connectivity index (χ2n) is 10.0. The van der Waals surface area contributed by atoms with Gasteiger partial charge in [-0.2, -0.15) is 0 Å². The summed E-state index contributed by atoms with van der Waals surface area (Å²) in [6, 6.07) is 4.36. The van der Waals surface area contributed by atoms with E-state index in [0.29, 0.717) is 17.0 Å². The van der Waals surface area contributed by atoms with Crippen LogP contribution in [0.1, 0.15) is 37.6 Å². The number of likely N-dealkylation sites (tertiary alicyclic amines) is 1. The maximum atomic E-state index is 14.5. The Kier molecular flexibility index (Phi) is 8.48. The van der Waals surface area contributed by atoms with Gasteiger partial charge >= 0.3 is 6.09 Å². The Bertz CT molecular complexity index is 1430. The quantitative estimate of drug-likeness (QED) is 0.396. The number of ether oxygens (including phenoxy) is 2. The highest BCUT2D eigenvalue weighted by Gasteiger charge is 2.38. The number of nitrogens with zero attached hydrogens (tertiary/aromatic N) is 4. The molecule has 1 saturated heterocycles. The summed E-state index contributed by atoms with van der Waals surface area (Å²) < 4.78 is 25.2. The molecule has 0 unspecified atom stereocenters. The Morgan fingerprint density at radius 2 is 2.00 bits per heavy atom. The lowest BCUT2D eigenvalue weighted by atomic mass is 10.1. The Labute approximate surface area is 235 Å². The Hall–Kier alpha value is -4.32. The van der Waals surface area contributed by atoms with E-state index in [1.54, 1.807) is 26.8 Å². The van der Waals surface area contributed by atoms with Crippen LogP contribution in [0, 0.1) is 5.82 Å². The molecule has 0 bridgehead atoms. The van der Waals surface area contributed by atoms with Gasteiger partial charge in [0.1, 0.15) is 17.7 Å². The average molecular weight is 571 g/mol. The molecule has 0 radical (unpaired) electrons. The van der Waals surface area contributed by atoms with Crippen molar-refractivity contribution >= 4 is 41.4 Å². The van der Waals surface area contributed by atoms with Crippen molar-refractivity contribution in [3.8, 4) is 17.1 Å². The summed E-state index contributed by atoms with van der Waals surface area (Å²) in [6.07, 6.45) is 4.47. The molecule has 2 N–H and O–H groups in total. The van der Waals surface area contributed by atoms with Crippen LogP contribution in [0.2, 0.25) is 5.02 Å². The van der Waals surface area contributed by atoms with Crippen LogP contribution < -0.4 is 15.4 Å². The van der Waals surface area contributed by atoms with Crippen LogP contribution in [0.25, 0.3) is 11.4 Å². The highest BCUT2D eigenvalue weighted by atomic mass is 35.5. The zero-order valence-electron chi connectivity index (χ0n) is 22.3. The molecule has 4 rings (SSSR count). The van der Waals surface area contributed by atoms with Crippen LogP contribution in [0.5, 0.6) is 5.75 Å². The number of halogens is 2. The minimum absolute atomic E-state index is 0.0523. The van der Waals surface area contributed by atoms with Gasteiger partial charge < -0.3 is 24.9 Å². The van der Waals surface area contributed by atoms with Crippen molar-refractivity contribution in [3.63, 3.8) is 0 Å². The topological polar surface area (TPSA) is 136 Å². The molecule has 1 aliphatic rings. The minimum atomic E-state index is -0.734. The number of nitrogens with one attached hydrogen (secondary N) is 2. The molecule has 3 aromatic rings. The maximum Gasteiger partial charge on any atom is 0.410 e. The molecule has 0 saturated carbocycles. The predicted molar refractivity (Wildman–Crippen MR) is 145 cm³/mol. The summed E-state index contributed by atoms with van der Waals surface area (Å²) in [5, 5.41) is 6.21. The fraction of sp³-hybridized carbons (Fsp3) is 0.333. The SMILES string of the molecule is COc1cnc(-c2cc(Cl)ccc2F)nc1Nc1ccncc1C(=O)N[C@@H]1C[C@H](C=O)N(C(=O)OC(C)(C)C)C1. The van der Waals surface area contributed by atoms with Gasteiger partial charge in [0.05, 0.1) is 36.2 Å². The van der Waals surface area contributed by atoms with Crippen LogP contribution >= 0.6 is 11.6 Å². The molecular weight excluding hydrogens is 543 g/mol. The molecule has 0 aliphatic carbocycles. The molecular formula is C27H28ClFN6O5. The number of aromatic nitrogens is 3. The Morgan fingerprint density at radius 3 is 2.70 bits per heavy atom. The fourth-order valence-corrected chi connectivity index (χ4v) is 4.29. The largest absolute Gasteiger partial charge is 0.491 e. The van der Waals surface area contributed by atoms with Gasteiger partial charge in [0, 0.05) is 30.0 Å². The van der Waals surface area contributed by atoms with Crippen molar-refractivity contribution in [1.29, 1.82) is 0 Å². The number of anilines is 2. The molecule has 40 heavy (non-hydrogen) atoms. The van der Waals surface area contributed by atoms with Crippen molar-refractivity contribution in [2.45, 2.75) is 44.9 Å². The van der Waals surface area contributed by atoms with E-state index in [1.165, 1.54) is 48.8 Å². The van der Waals surface area contributed by atoms with Crippen molar-refractivity contribution in [3.05, 3.63) is 59.3 Å². The van der Waals surface area contributed by atoms with E-state index in [-0.39, 0.29) is 41.5 Å². The van der Waals surface area contributed by atoms with Crippen LogP contribution in [-0.2, 0) is 9.53 Å². The molecule has 210 valence electrons. The first kappa shape index (κ1) is 28.7. The fourth-order valence-electron chi connectivity index (χ4n) is 4.11. The van der Waals surface area contributed by atoms with Crippen LogP contribution in [0.4, 0.5) is 20.7 Å². The molecule has 3 heterocycles. The number of carbonyl (C=O) groups excluding carboxylic acids is 3.